The molecule has 3 heterocycles. The Kier molecular flexibility index (Phi) is 11.0. The third-order valence-corrected chi connectivity index (χ3v) is 12.1. The largest absolute Gasteiger partial charge is 0.488 e. The van der Waals surface area contributed by atoms with Crippen molar-refractivity contribution in [1.82, 2.24) is 25.5 Å². The molecule has 4 aliphatic rings. The van der Waals surface area contributed by atoms with E-state index in [1.165, 1.54) is 22.3 Å². The highest BCUT2D eigenvalue weighted by molar-refractivity contribution is 7.14. The molecule has 0 spiro atoms. The van der Waals surface area contributed by atoms with Gasteiger partial charge in [-0.1, -0.05) is 26.8 Å². The number of carbonyl (C=O) groups excluding carboxylic acids is 3. The maximum atomic E-state index is 14.7. The van der Waals surface area contributed by atoms with Gasteiger partial charge < -0.3 is 45.3 Å². The summed E-state index contributed by atoms with van der Waals surface area (Å²) in [5, 5.41) is 31.2. The monoisotopic (exact) mass is 818 g/mol. The summed E-state index contributed by atoms with van der Waals surface area (Å²) in [5.74, 6) is -2.24. The first-order valence-corrected chi connectivity index (χ1v) is 20.5. The molecule has 3 amide bonds. The van der Waals surface area contributed by atoms with Crippen LogP contribution >= 0.6 is 11.3 Å². The quantitative estimate of drug-likeness (QED) is 0.127. The average Bonchev–Trinajstić information content (AvgIpc) is 3.82. The number of alkyl carbamates (subject to hydrolysis) is 1. The minimum Gasteiger partial charge on any atom is -0.488 e. The van der Waals surface area contributed by atoms with Crippen LogP contribution in [-0.4, -0.2) is 104 Å². The third-order valence-electron chi connectivity index (χ3n) is 11.3. The second-order valence-corrected chi connectivity index (χ2v) is 18.1. The zero-order valence-electron chi connectivity index (χ0n) is 33.2. The lowest BCUT2D eigenvalue weighted by molar-refractivity contribution is -0.146. The molecule has 16 nitrogen and oxygen atoms in total. The Hall–Kier alpha value is -5.45. The summed E-state index contributed by atoms with van der Waals surface area (Å²) in [6, 6.07) is 4.48. The molecular formula is C41H50N6O10S. The van der Waals surface area contributed by atoms with E-state index in [9.17, 15) is 34.2 Å². The number of carboxylic acid groups (broad SMARTS) is 2. The number of nitrogens with one attached hydrogen (secondary N) is 3. The maximum Gasteiger partial charge on any atom is 0.408 e. The topological polar surface area (TPSA) is 219 Å². The maximum absolute atomic E-state index is 14.7. The van der Waals surface area contributed by atoms with Crippen molar-refractivity contribution in [2.75, 3.05) is 18.5 Å². The molecule has 1 saturated heterocycles. The Bertz CT molecular complexity index is 2120. The first-order valence-electron chi connectivity index (χ1n) is 19.6. The molecule has 5 N–H and O–H groups in total. The molecule has 1 aromatic carbocycles. The number of fused-ring (bicyclic) bond motifs is 2. The SMILES string of the molecule is C=CC1C[C@]1(NC(=O)C1C[C@@H](Oc2cc(-c3csc(NC(C)C)n3)nc3cc(OCC(=O)O)ccc23)CN1C(=O)C(NC(=O)OC1C[C@@H]2C[C@@H]2C1)C(C)(C)C)C(=O)O. The second kappa shape index (κ2) is 15.7. The van der Waals surface area contributed by atoms with Gasteiger partial charge in [0.25, 0.3) is 0 Å². The number of aliphatic carboxylic acids is 2. The molecule has 58 heavy (non-hydrogen) atoms. The van der Waals surface area contributed by atoms with Gasteiger partial charge >= 0.3 is 18.0 Å². The summed E-state index contributed by atoms with van der Waals surface area (Å²) >= 11 is 1.40. The Morgan fingerprint density at radius 1 is 1.03 bits per heavy atom. The number of likely N-dealkylation sites (tertiary alicyclic amines) is 1. The van der Waals surface area contributed by atoms with Gasteiger partial charge in [-0.3, -0.25) is 9.59 Å². The molecule has 3 aromatic rings. The molecule has 0 bridgehead atoms. The molecule has 2 aromatic heterocycles. The number of hydrogen-bond donors (Lipinski definition) is 5. The first kappa shape index (κ1) is 40.7. The van der Waals surface area contributed by atoms with Gasteiger partial charge in [-0.15, -0.1) is 17.9 Å². The zero-order chi connectivity index (χ0) is 41.7. The van der Waals surface area contributed by atoms with Crippen molar-refractivity contribution in [3.05, 3.63) is 42.3 Å². The van der Waals surface area contributed by atoms with E-state index in [0.717, 1.165) is 19.3 Å². The molecule has 4 fully saturated rings. The Labute approximate surface area is 339 Å². The number of anilines is 1. The molecule has 0 radical (unpaired) electrons. The minimum atomic E-state index is -1.55. The van der Waals surface area contributed by atoms with Crippen LogP contribution in [0.5, 0.6) is 11.5 Å². The van der Waals surface area contributed by atoms with Crippen molar-refractivity contribution >= 4 is 57.2 Å². The molecule has 17 heteroatoms. The van der Waals surface area contributed by atoms with Gasteiger partial charge in [0.2, 0.25) is 11.8 Å². The van der Waals surface area contributed by atoms with E-state index in [1.807, 2.05) is 19.2 Å². The molecule has 4 unspecified atom stereocenters. The smallest absolute Gasteiger partial charge is 0.408 e. The highest BCUT2D eigenvalue weighted by atomic mass is 32.1. The summed E-state index contributed by atoms with van der Waals surface area (Å²) in [6.45, 7) is 12.5. The van der Waals surface area contributed by atoms with Crippen molar-refractivity contribution in [2.24, 2.45) is 23.2 Å². The molecular weight excluding hydrogens is 769 g/mol. The van der Waals surface area contributed by atoms with Crippen LogP contribution in [0.15, 0.2) is 42.3 Å². The summed E-state index contributed by atoms with van der Waals surface area (Å²) in [6.07, 6.45) is 2.71. The number of rotatable bonds is 15. The van der Waals surface area contributed by atoms with Crippen LogP contribution < -0.4 is 25.4 Å². The molecule has 3 saturated carbocycles. The number of hydrogen-bond acceptors (Lipinski definition) is 12. The minimum absolute atomic E-state index is 0.00367. The number of aromatic nitrogens is 2. The average molecular weight is 819 g/mol. The number of carbonyl (C=O) groups is 5. The van der Waals surface area contributed by atoms with Crippen LogP contribution in [0.2, 0.25) is 0 Å². The van der Waals surface area contributed by atoms with Crippen LogP contribution in [0.25, 0.3) is 22.3 Å². The number of carboxylic acids is 2. The van der Waals surface area contributed by atoms with Gasteiger partial charge in [0.05, 0.1) is 17.8 Å². The Morgan fingerprint density at radius 3 is 2.41 bits per heavy atom. The van der Waals surface area contributed by atoms with Crippen molar-refractivity contribution in [3.8, 4) is 22.9 Å². The first-order chi connectivity index (χ1) is 27.4. The summed E-state index contributed by atoms with van der Waals surface area (Å²) in [7, 11) is 0. The van der Waals surface area contributed by atoms with Crippen LogP contribution in [0.4, 0.5) is 9.93 Å². The van der Waals surface area contributed by atoms with Crippen LogP contribution in [-0.2, 0) is 23.9 Å². The van der Waals surface area contributed by atoms with Crippen LogP contribution in [0, 0.1) is 23.2 Å². The fourth-order valence-corrected chi connectivity index (χ4v) is 8.94. The lowest BCUT2D eigenvalue weighted by atomic mass is 9.85. The summed E-state index contributed by atoms with van der Waals surface area (Å²) in [5.41, 5.74) is -0.932. The van der Waals surface area contributed by atoms with Crippen molar-refractivity contribution < 1.29 is 48.4 Å². The Morgan fingerprint density at radius 2 is 1.78 bits per heavy atom. The van der Waals surface area contributed by atoms with Crippen LogP contribution in [0.1, 0.15) is 66.7 Å². The standard InChI is InChI=1S/C41H50N6O10S/c1-7-23-16-41(23,37(52)53)46-35(50)31-14-26(17-47(31)36(51)34(40(4,5)6)45-39(54)57-25-11-21-10-22(21)12-25)56-32-15-29(30-19-58-38(44-30)42-20(2)3)43-28-13-24(8-9-27(28)32)55-18-33(48)49/h7-9,13,15,19-23,25-26,31,34H,1,10-12,14,16-18H2,2-6H3,(H,42,44)(H,45,54)(H,46,50)(H,48,49)(H,52,53)/t21-,22+,23?,25?,26-,31?,34?,41-/m1/s1. The lowest BCUT2D eigenvalue weighted by Gasteiger charge is -2.35. The highest BCUT2D eigenvalue weighted by Crippen LogP contribution is 2.52. The second-order valence-electron chi connectivity index (χ2n) is 17.2. The molecule has 7 rings (SSSR count). The fourth-order valence-electron chi connectivity index (χ4n) is 8.09. The van der Waals surface area contributed by atoms with Gasteiger partial charge in [0.15, 0.2) is 11.7 Å². The van der Waals surface area contributed by atoms with E-state index in [4.69, 9.17) is 24.2 Å². The fraction of sp³-hybridized carbons (Fsp3) is 0.537. The van der Waals surface area contributed by atoms with E-state index < -0.39 is 71.5 Å². The zero-order valence-corrected chi connectivity index (χ0v) is 34.0. The van der Waals surface area contributed by atoms with Gasteiger partial charge in [-0.25, -0.2) is 24.4 Å². The van der Waals surface area contributed by atoms with E-state index in [0.29, 0.717) is 45.0 Å². The number of thiazole rings is 1. The van der Waals surface area contributed by atoms with Gasteiger partial charge in [0, 0.05) is 41.3 Å². The molecule has 8 atom stereocenters. The third kappa shape index (κ3) is 8.68. The number of benzene rings is 1. The summed E-state index contributed by atoms with van der Waals surface area (Å²) in [4.78, 5) is 76.6. The van der Waals surface area contributed by atoms with E-state index in [2.05, 4.69) is 22.5 Å². The number of amides is 3. The number of pyridine rings is 1. The highest BCUT2D eigenvalue weighted by Gasteiger charge is 2.61. The number of ether oxygens (including phenoxy) is 3. The molecule has 3 aliphatic carbocycles. The van der Waals surface area contributed by atoms with Crippen molar-refractivity contribution in [1.29, 1.82) is 0 Å². The van der Waals surface area contributed by atoms with Crippen LogP contribution in [0.3, 0.4) is 0 Å². The normalized spacial score (nSPS) is 26.3. The summed E-state index contributed by atoms with van der Waals surface area (Å²) < 4.78 is 17.9. The predicted molar refractivity (Wildman–Crippen MR) is 214 cm³/mol. The van der Waals surface area contributed by atoms with Gasteiger partial charge in [-0.05, 0) is 68.9 Å². The van der Waals surface area contributed by atoms with Crippen molar-refractivity contribution in [2.45, 2.75) is 103 Å². The van der Waals surface area contributed by atoms with E-state index in [-0.39, 0.29) is 37.3 Å². The van der Waals surface area contributed by atoms with E-state index >= 15 is 0 Å². The van der Waals surface area contributed by atoms with E-state index in [1.54, 1.807) is 45.0 Å². The number of nitrogens with zero attached hydrogens (tertiary/aromatic N) is 3. The van der Waals surface area contributed by atoms with Gasteiger partial charge in [0.1, 0.15) is 47.0 Å². The lowest BCUT2D eigenvalue weighted by Crippen LogP contribution is -2.59. The van der Waals surface area contributed by atoms with Gasteiger partial charge in [-0.2, -0.15) is 0 Å². The van der Waals surface area contributed by atoms with Crippen molar-refractivity contribution in [3.63, 3.8) is 0 Å². The predicted octanol–water partition coefficient (Wildman–Crippen LogP) is 5.08. The molecule has 310 valence electrons. The Balaban J connectivity index is 1.19. The molecule has 1 aliphatic heterocycles.